The van der Waals surface area contributed by atoms with Crippen LogP contribution in [0.4, 0.5) is 4.79 Å². The topological polar surface area (TPSA) is 43.9 Å². The molecule has 0 spiro atoms. The van der Waals surface area contributed by atoms with Crippen LogP contribution in [0.2, 0.25) is 0 Å². The van der Waals surface area contributed by atoms with Gasteiger partial charge in [-0.15, -0.1) is 0 Å². The third-order valence-corrected chi connectivity index (χ3v) is 4.00. The first-order valence-electron chi connectivity index (χ1n) is 6.85. The lowest BCUT2D eigenvalue weighted by Gasteiger charge is -2.34. The van der Waals surface area contributed by atoms with Gasteiger partial charge < -0.3 is 14.7 Å². The van der Waals surface area contributed by atoms with E-state index >= 15 is 0 Å². The predicted molar refractivity (Wildman–Crippen MR) is 69.2 cm³/mol. The number of amides is 3. The smallest absolute Gasteiger partial charge is 0.320 e. The Labute approximate surface area is 109 Å². The van der Waals surface area contributed by atoms with Crippen LogP contribution in [-0.2, 0) is 4.79 Å². The van der Waals surface area contributed by atoms with Crippen LogP contribution in [0, 0.1) is 5.92 Å². The van der Waals surface area contributed by atoms with Gasteiger partial charge in [0.25, 0.3) is 0 Å². The van der Waals surface area contributed by atoms with Gasteiger partial charge in [-0.1, -0.05) is 6.92 Å². The fourth-order valence-electron chi connectivity index (χ4n) is 2.55. The SMILES string of the molecule is CC1CCN(C(=O)N2CCCN(C)C(=O)C2)CC1. The Kier molecular flexibility index (Phi) is 4.09. The van der Waals surface area contributed by atoms with E-state index in [9.17, 15) is 9.59 Å². The Bertz CT molecular complexity index is 324. The summed E-state index contributed by atoms with van der Waals surface area (Å²) < 4.78 is 0. The molecule has 2 rings (SSSR count). The maximum atomic E-state index is 12.3. The molecule has 0 saturated carbocycles. The highest BCUT2D eigenvalue weighted by Gasteiger charge is 2.28. The van der Waals surface area contributed by atoms with E-state index in [0.29, 0.717) is 12.5 Å². The minimum atomic E-state index is 0.0468. The molecule has 5 heteroatoms. The van der Waals surface area contributed by atoms with Crippen molar-refractivity contribution >= 4 is 11.9 Å². The summed E-state index contributed by atoms with van der Waals surface area (Å²) in [6, 6.07) is 0.0468. The summed E-state index contributed by atoms with van der Waals surface area (Å²) in [7, 11) is 1.80. The minimum Gasteiger partial charge on any atom is -0.344 e. The van der Waals surface area contributed by atoms with Crippen LogP contribution in [0.25, 0.3) is 0 Å². The van der Waals surface area contributed by atoms with E-state index < -0.39 is 0 Å². The zero-order chi connectivity index (χ0) is 13.1. The zero-order valence-corrected chi connectivity index (χ0v) is 11.4. The van der Waals surface area contributed by atoms with Crippen LogP contribution in [0.1, 0.15) is 26.2 Å². The van der Waals surface area contributed by atoms with Gasteiger partial charge in [-0.25, -0.2) is 4.79 Å². The summed E-state index contributed by atoms with van der Waals surface area (Å²) in [5, 5.41) is 0. The minimum absolute atomic E-state index is 0.0468. The van der Waals surface area contributed by atoms with Crippen molar-refractivity contribution in [3.8, 4) is 0 Å². The lowest BCUT2D eigenvalue weighted by atomic mass is 9.99. The average Bonchev–Trinajstić information content (AvgIpc) is 2.52. The van der Waals surface area contributed by atoms with Gasteiger partial charge in [0, 0.05) is 33.2 Å². The molecule has 18 heavy (non-hydrogen) atoms. The van der Waals surface area contributed by atoms with E-state index in [1.165, 1.54) is 0 Å². The Morgan fingerprint density at radius 2 is 1.78 bits per heavy atom. The molecule has 2 aliphatic heterocycles. The van der Waals surface area contributed by atoms with E-state index in [1.807, 2.05) is 4.90 Å². The van der Waals surface area contributed by atoms with Crippen LogP contribution < -0.4 is 0 Å². The summed E-state index contributed by atoms with van der Waals surface area (Å²) in [6.07, 6.45) is 3.03. The van der Waals surface area contributed by atoms with Crippen molar-refractivity contribution in [2.75, 3.05) is 39.8 Å². The van der Waals surface area contributed by atoms with Gasteiger partial charge in [-0.2, -0.15) is 0 Å². The monoisotopic (exact) mass is 253 g/mol. The van der Waals surface area contributed by atoms with Crippen molar-refractivity contribution in [3.63, 3.8) is 0 Å². The normalized spacial score (nSPS) is 23.2. The number of likely N-dealkylation sites (tertiary alicyclic amines) is 1. The number of hydrogen-bond donors (Lipinski definition) is 0. The maximum absolute atomic E-state index is 12.3. The van der Waals surface area contributed by atoms with Gasteiger partial charge in [0.2, 0.25) is 5.91 Å². The number of rotatable bonds is 0. The van der Waals surface area contributed by atoms with Gasteiger partial charge in [-0.3, -0.25) is 4.79 Å². The first-order valence-corrected chi connectivity index (χ1v) is 6.85. The zero-order valence-electron chi connectivity index (χ0n) is 11.4. The molecule has 2 aliphatic rings. The highest BCUT2D eigenvalue weighted by molar-refractivity contribution is 5.84. The first kappa shape index (κ1) is 13.2. The number of carbonyl (C=O) groups excluding carboxylic acids is 2. The third kappa shape index (κ3) is 2.94. The van der Waals surface area contributed by atoms with Crippen molar-refractivity contribution in [3.05, 3.63) is 0 Å². The van der Waals surface area contributed by atoms with Crippen LogP contribution >= 0.6 is 0 Å². The number of carbonyl (C=O) groups is 2. The lowest BCUT2D eigenvalue weighted by molar-refractivity contribution is -0.129. The molecule has 0 atom stereocenters. The number of likely N-dealkylation sites (N-methyl/N-ethyl adjacent to an activating group) is 1. The maximum Gasteiger partial charge on any atom is 0.320 e. The van der Waals surface area contributed by atoms with Crippen LogP contribution in [0.5, 0.6) is 0 Å². The van der Waals surface area contributed by atoms with E-state index in [0.717, 1.165) is 38.9 Å². The van der Waals surface area contributed by atoms with Gasteiger partial charge in [0.05, 0.1) is 0 Å². The predicted octanol–water partition coefficient (Wildman–Crippen LogP) is 1.00. The van der Waals surface area contributed by atoms with Crippen molar-refractivity contribution in [1.82, 2.24) is 14.7 Å². The van der Waals surface area contributed by atoms with Gasteiger partial charge in [-0.05, 0) is 25.2 Å². The fraction of sp³-hybridized carbons (Fsp3) is 0.846. The van der Waals surface area contributed by atoms with E-state index in [4.69, 9.17) is 0 Å². The Morgan fingerprint density at radius 3 is 2.44 bits per heavy atom. The molecule has 0 aromatic rings. The summed E-state index contributed by atoms with van der Waals surface area (Å²) in [6.45, 7) is 5.58. The summed E-state index contributed by atoms with van der Waals surface area (Å²) in [5.74, 6) is 0.761. The molecule has 0 aliphatic carbocycles. The summed E-state index contributed by atoms with van der Waals surface area (Å²) in [4.78, 5) is 29.4. The molecule has 5 nitrogen and oxygen atoms in total. The highest BCUT2D eigenvalue weighted by Crippen LogP contribution is 2.17. The Morgan fingerprint density at radius 1 is 1.11 bits per heavy atom. The molecular weight excluding hydrogens is 230 g/mol. The van der Waals surface area contributed by atoms with Crippen LogP contribution in [0.3, 0.4) is 0 Å². The second-order valence-electron chi connectivity index (χ2n) is 5.54. The van der Waals surface area contributed by atoms with Gasteiger partial charge >= 0.3 is 6.03 Å². The molecule has 0 N–H and O–H groups in total. The molecule has 102 valence electrons. The molecule has 0 aromatic carbocycles. The van der Waals surface area contributed by atoms with E-state index in [-0.39, 0.29) is 18.5 Å². The molecule has 2 fully saturated rings. The highest BCUT2D eigenvalue weighted by atomic mass is 16.2. The molecule has 3 amide bonds. The quantitative estimate of drug-likeness (QED) is 0.646. The van der Waals surface area contributed by atoms with Crippen molar-refractivity contribution in [2.45, 2.75) is 26.2 Å². The third-order valence-electron chi connectivity index (χ3n) is 4.00. The van der Waals surface area contributed by atoms with Gasteiger partial charge in [0.15, 0.2) is 0 Å². The van der Waals surface area contributed by atoms with Gasteiger partial charge in [0.1, 0.15) is 6.54 Å². The average molecular weight is 253 g/mol. The number of nitrogens with zero attached hydrogens (tertiary/aromatic N) is 3. The van der Waals surface area contributed by atoms with Crippen LogP contribution in [-0.4, -0.2) is 66.4 Å². The van der Waals surface area contributed by atoms with Crippen molar-refractivity contribution in [2.24, 2.45) is 5.92 Å². The molecule has 0 bridgehead atoms. The second kappa shape index (κ2) is 5.59. The molecule has 2 saturated heterocycles. The van der Waals surface area contributed by atoms with E-state index in [1.54, 1.807) is 16.8 Å². The molecule has 0 aromatic heterocycles. The standard InChI is InChI=1S/C13H23N3O2/c1-11-4-8-15(9-5-11)13(18)16-7-3-6-14(2)12(17)10-16/h11H,3-10H2,1-2H3. The molecular formula is C13H23N3O2. The van der Waals surface area contributed by atoms with Crippen LogP contribution in [0.15, 0.2) is 0 Å². The summed E-state index contributed by atoms with van der Waals surface area (Å²) >= 11 is 0. The first-order chi connectivity index (χ1) is 8.58. The largest absolute Gasteiger partial charge is 0.344 e. The van der Waals surface area contributed by atoms with Crippen molar-refractivity contribution < 1.29 is 9.59 Å². The fourth-order valence-corrected chi connectivity index (χ4v) is 2.55. The second-order valence-corrected chi connectivity index (χ2v) is 5.54. The summed E-state index contributed by atoms with van der Waals surface area (Å²) in [5.41, 5.74) is 0. The molecule has 2 heterocycles. The van der Waals surface area contributed by atoms with Crippen molar-refractivity contribution in [1.29, 1.82) is 0 Å². The molecule has 0 radical (unpaired) electrons. The lowest BCUT2D eigenvalue weighted by Crippen LogP contribution is -2.48. The number of urea groups is 1. The molecule has 0 unspecified atom stereocenters. The van der Waals surface area contributed by atoms with E-state index in [2.05, 4.69) is 6.92 Å². The Balaban J connectivity index is 1.93. The Hall–Kier alpha value is -1.26. The number of hydrogen-bond acceptors (Lipinski definition) is 2. The number of piperidine rings is 1.